The number of aromatic nitrogens is 4. The van der Waals surface area contributed by atoms with Crippen LogP contribution in [0, 0.1) is 18.3 Å². The van der Waals surface area contributed by atoms with Crippen LogP contribution in [-0.4, -0.2) is 33.6 Å². The minimum Gasteiger partial charge on any atom is -0.496 e. The lowest BCUT2D eigenvalue weighted by atomic mass is 9.94. The number of ether oxygens (including phenoxy) is 1. The van der Waals surface area contributed by atoms with Crippen molar-refractivity contribution in [2.45, 2.75) is 13.3 Å². The number of halogens is 1. The lowest BCUT2D eigenvalue weighted by molar-refractivity contribution is 0.411. The van der Waals surface area contributed by atoms with Crippen LogP contribution in [0.3, 0.4) is 0 Å². The molecule has 2 N–H and O–H groups in total. The van der Waals surface area contributed by atoms with Gasteiger partial charge in [0.1, 0.15) is 17.6 Å². The first-order valence-corrected chi connectivity index (χ1v) is 9.74. The summed E-state index contributed by atoms with van der Waals surface area (Å²) in [6.07, 6.45) is 3.75. The molecule has 150 valence electrons. The third-order valence-corrected chi connectivity index (χ3v) is 5.36. The van der Waals surface area contributed by atoms with Crippen LogP contribution in [0.25, 0.3) is 22.3 Å². The largest absolute Gasteiger partial charge is 0.496 e. The van der Waals surface area contributed by atoms with Gasteiger partial charge in [-0.15, -0.1) is 0 Å². The van der Waals surface area contributed by atoms with Crippen molar-refractivity contribution in [3.8, 4) is 22.9 Å². The fraction of sp³-hybridized carbons (Fsp3) is 0.182. The maximum Gasteiger partial charge on any atom is 0.182 e. The van der Waals surface area contributed by atoms with Crippen LogP contribution in [0.2, 0.25) is 5.02 Å². The van der Waals surface area contributed by atoms with E-state index in [1.165, 1.54) is 6.33 Å². The van der Waals surface area contributed by atoms with Gasteiger partial charge in [-0.1, -0.05) is 23.7 Å². The van der Waals surface area contributed by atoms with Crippen molar-refractivity contribution < 1.29 is 4.74 Å². The number of nitrogens with zero attached hydrogens (tertiary/aromatic N) is 4. The number of methoxy groups -OCH3 is 1. The molecule has 0 amide bonds. The van der Waals surface area contributed by atoms with Crippen molar-refractivity contribution in [1.82, 2.24) is 19.9 Å². The predicted molar refractivity (Wildman–Crippen MR) is 117 cm³/mol. The SMILES string of the molecule is COc1c(CCNc2ncnc3nc[nH]c23)cc(Cl)c(C)c1-c1ccc(C#N)cc1. The smallest absolute Gasteiger partial charge is 0.182 e. The molecule has 30 heavy (non-hydrogen) atoms. The van der Waals surface area contributed by atoms with Crippen LogP contribution in [0.1, 0.15) is 16.7 Å². The first kappa shape index (κ1) is 19.7. The van der Waals surface area contributed by atoms with E-state index < -0.39 is 0 Å². The molecule has 0 unspecified atom stereocenters. The minimum absolute atomic E-state index is 0.608. The van der Waals surface area contributed by atoms with Gasteiger partial charge in [0.15, 0.2) is 11.5 Å². The Morgan fingerprint density at radius 2 is 2.00 bits per heavy atom. The number of benzene rings is 2. The van der Waals surface area contributed by atoms with Gasteiger partial charge in [-0.3, -0.25) is 0 Å². The molecule has 8 heteroatoms. The number of rotatable bonds is 6. The molecule has 0 aliphatic carbocycles. The summed E-state index contributed by atoms with van der Waals surface area (Å²) in [6.45, 7) is 2.59. The van der Waals surface area contributed by atoms with Gasteiger partial charge in [-0.25, -0.2) is 15.0 Å². The lowest BCUT2D eigenvalue weighted by Gasteiger charge is -2.18. The minimum atomic E-state index is 0.608. The summed E-state index contributed by atoms with van der Waals surface area (Å²) in [7, 11) is 1.66. The molecule has 0 aliphatic heterocycles. The van der Waals surface area contributed by atoms with Gasteiger partial charge in [-0.05, 0) is 48.2 Å². The van der Waals surface area contributed by atoms with E-state index in [0.29, 0.717) is 35.0 Å². The number of hydrogen-bond donors (Lipinski definition) is 2. The number of nitriles is 1. The van der Waals surface area contributed by atoms with E-state index >= 15 is 0 Å². The van der Waals surface area contributed by atoms with E-state index in [-0.39, 0.29) is 0 Å². The number of nitrogens with one attached hydrogen (secondary N) is 2. The number of fused-ring (bicyclic) bond motifs is 1. The molecule has 0 aliphatic rings. The monoisotopic (exact) mass is 418 g/mol. The summed E-state index contributed by atoms with van der Waals surface area (Å²) in [4.78, 5) is 15.6. The second-order valence-corrected chi connectivity index (χ2v) is 7.15. The van der Waals surface area contributed by atoms with Crippen molar-refractivity contribution in [1.29, 1.82) is 5.26 Å². The number of aromatic amines is 1. The molecule has 0 radical (unpaired) electrons. The molecule has 0 saturated carbocycles. The molecule has 7 nitrogen and oxygen atoms in total. The van der Waals surface area contributed by atoms with Crippen molar-refractivity contribution in [2.24, 2.45) is 0 Å². The third-order valence-electron chi connectivity index (χ3n) is 4.97. The summed E-state index contributed by atoms with van der Waals surface area (Å²) >= 11 is 6.55. The highest BCUT2D eigenvalue weighted by atomic mass is 35.5. The average Bonchev–Trinajstić information content (AvgIpc) is 3.26. The molecule has 0 fully saturated rings. The summed E-state index contributed by atoms with van der Waals surface area (Å²) in [5.41, 5.74) is 5.80. The Morgan fingerprint density at radius 1 is 1.20 bits per heavy atom. The highest BCUT2D eigenvalue weighted by molar-refractivity contribution is 6.32. The van der Waals surface area contributed by atoms with E-state index in [1.807, 2.05) is 25.1 Å². The maximum absolute atomic E-state index is 9.07. The fourth-order valence-corrected chi connectivity index (χ4v) is 3.70. The van der Waals surface area contributed by atoms with Crippen molar-refractivity contribution in [3.05, 3.63) is 64.7 Å². The Labute approximate surface area is 178 Å². The van der Waals surface area contributed by atoms with E-state index in [0.717, 1.165) is 33.5 Å². The molecule has 0 atom stereocenters. The molecule has 4 aromatic rings. The van der Waals surface area contributed by atoms with E-state index in [4.69, 9.17) is 21.6 Å². The summed E-state index contributed by atoms with van der Waals surface area (Å²) in [5, 5.41) is 13.1. The van der Waals surface area contributed by atoms with E-state index in [1.54, 1.807) is 25.6 Å². The van der Waals surface area contributed by atoms with Crippen LogP contribution in [0.15, 0.2) is 43.0 Å². The first-order chi connectivity index (χ1) is 14.6. The highest BCUT2D eigenvalue weighted by Crippen LogP contribution is 2.40. The fourth-order valence-electron chi connectivity index (χ4n) is 3.47. The quantitative estimate of drug-likeness (QED) is 0.477. The molecule has 0 saturated heterocycles. The Balaban J connectivity index is 1.64. The van der Waals surface area contributed by atoms with Crippen molar-refractivity contribution >= 4 is 28.6 Å². The van der Waals surface area contributed by atoms with E-state index in [9.17, 15) is 0 Å². The Hall–Kier alpha value is -3.63. The number of imidazole rings is 1. The Morgan fingerprint density at radius 3 is 2.73 bits per heavy atom. The van der Waals surface area contributed by atoms with Gasteiger partial charge in [0, 0.05) is 17.1 Å². The molecule has 0 spiro atoms. The highest BCUT2D eigenvalue weighted by Gasteiger charge is 2.17. The maximum atomic E-state index is 9.07. The van der Waals surface area contributed by atoms with Gasteiger partial charge < -0.3 is 15.0 Å². The standard InChI is InChI=1S/C22H19ClN6O/c1-13-17(23)9-16(7-8-25-21-19-22(27-11-26-19)29-12-28-21)20(30-2)18(13)15-5-3-14(10-24)4-6-15/h3-6,9,11-12H,7-8H2,1-2H3,(H2,25,26,27,28,29). The molecule has 4 rings (SSSR count). The molecule has 2 heterocycles. The van der Waals surface area contributed by atoms with E-state index in [2.05, 4.69) is 31.3 Å². The molecule has 0 bridgehead atoms. The molecular weight excluding hydrogens is 400 g/mol. The van der Waals surface area contributed by atoms with Gasteiger partial charge in [-0.2, -0.15) is 5.26 Å². The molecule has 2 aromatic carbocycles. The topological polar surface area (TPSA) is 99.5 Å². The Kier molecular flexibility index (Phi) is 5.50. The first-order valence-electron chi connectivity index (χ1n) is 9.36. The summed E-state index contributed by atoms with van der Waals surface area (Å²) in [5.74, 6) is 1.47. The lowest BCUT2D eigenvalue weighted by Crippen LogP contribution is -2.09. The van der Waals surface area contributed by atoms with Gasteiger partial charge >= 0.3 is 0 Å². The summed E-state index contributed by atoms with van der Waals surface area (Å²) < 4.78 is 5.79. The molecular formula is C22H19ClN6O. The van der Waals surface area contributed by atoms with Crippen molar-refractivity contribution in [2.75, 3.05) is 19.0 Å². The van der Waals surface area contributed by atoms with Crippen LogP contribution in [0.5, 0.6) is 5.75 Å². The zero-order valence-electron chi connectivity index (χ0n) is 16.5. The second kappa shape index (κ2) is 8.39. The number of H-pyrrole nitrogens is 1. The van der Waals surface area contributed by atoms with Gasteiger partial charge in [0.05, 0.1) is 25.1 Å². The third kappa shape index (κ3) is 3.65. The zero-order valence-corrected chi connectivity index (χ0v) is 17.3. The van der Waals surface area contributed by atoms with Crippen LogP contribution in [0.4, 0.5) is 5.82 Å². The molecule has 2 aromatic heterocycles. The Bertz CT molecular complexity index is 1240. The van der Waals surface area contributed by atoms with Gasteiger partial charge in [0.2, 0.25) is 0 Å². The van der Waals surface area contributed by atoms with Gasteiger partial charge in [0.25, 0.3) is 0 Å². The summed E-state index contributed by atoms with van der Waals surface area (Å²) in [6, 6.07) is 11.5. The number of hydrogen-bond acceptors (Lipinski definition) is 6. The van der Waals surface area contributed by atoms with Crippen LogP contribution >= 0.6 is 11.6 Å². The zero-order chi connectivity index (χ0) is 21.1. The number of anilines is 1. The second-order valence-electron chi connectivity index (χ2n) is 6.74. The van der Waals surface area contributed by atoms with Crippen molar-refractivity contribution in [3.63, 3.8) is 0 Å². The normalized spacial score (nSPS) is 10.7. The average molecular weight is 419 g/mol. The predicted octanol–water partition coefficient (Wildman–Crippen LogP) is 4.52. The van der Waals surface area contributed by atoms with Crippen LogP contribution in [-0.2, 0) is 6.42 Å². The van der Waals surface area contributed by atoms with Crippen LogP contribution < -0.4 is 10.1 Å².